The maximum atomic E-state index is 11.3. The van der Waals surface area contributed by atoms with E-state index in [0.717, 1.165) is 5.13 Å². The van der Waals surface area contributed by atoms with Crippen LogP contribution in [0.4, 0.5) is 5.13 Å². The number of aromatic nitrogens is 1. The van der Waals surface area contributed by atoms with E-state index in [9.17, 15) is 4.79 Å². The number of thiazole rings is 1. The number of alkyl halides is 1. The van der Waals surface area contributed by atoms with Gasteiger partial charge in [0, 0.05) is 11.9 Å². The van der Waals surface area contributed by atoms with Crippen LogP contribution in [0.1, 0.15) is 10.5 Å². The lowest BCUT2D eigenvalue weighted by Gasteiger charge is -2.29. The molecule has 17 heavy (non-hydrogen) atoms. The molecular weight excluding hydrogens is 262 g/mol. The Morgan fingerprint density at radius 2 is 2.65 bits per heavy atom. The molecule has 5 nitrogen and oxygen atoms in total. The first kappa shape index (κ1) is 12.3. The van der Waals surface area contributed by atoms with Gasteiger partial charge in [-0.1, -0.05) is 0 Å². The van der Waals surface area contributed by atoms with Crippen LogP contribution >= 0.6 is 22.9 Å². The monoisotopic (exact) mass is 271 g/mol. The summed E-state index contributed by atoms with van der Waals surface area (Å²) in [4.78, 5) is 17.5. The van der Waals surface area contributed by atoms with Gasteiger partial charge in [0.25, 0.3) is 0 Å². The number of ether oxygens (including phenoxy) is 1. The largest absolute Gasteiger partial charge is 0.360 e. The minimum Gasteiger partial charge on any atom is -0.360 e. The highest BCUT2D eigenvalue weighted by molar-refractivity contribution is 7.14. The molecule has 0 spiro atoms. The van der Waals surface area contributed by atoms with E-state index in [4.69, 9.17) is 21.6 Å². The van der Waals surface area contributed by atoms with Gasteiger partial charge in [-0.15, -0.1) is 22.9 Å². The number of morpholine rings is 1. The minimum absolute atomic E-state index is 0.0624. The molecule has 1 atom stereocenters. The maximum absolute atomic E-state index is 11.3. The average Bonchev–Trinajstić information content (AvgIpc) is 2.87. The Labute approximate surface area is 108 Å². The standard InChI is InChI=1S/C10H10ClN3O2S/c11-3-9(15)8-6-17-10(13-8)14-1-2-16-7(4-12)5-14/h6-7H,1-3,5H2. The van der Waals surface area contributed by atoms with Crippen LogP contribution in [0.3, 0.4) is 0 Å². The molecule has 0 radical (unpaired) electrons. The van der Waals surface area contributed by atoms with Gasteiger partial charge >= 0.3 is 0 Å². The number of hydrogen-bond donors (Lipinski definition) is 0. The van der Waals surface area contributed by atoms with Crippen LogP contribution in [-0.4, -0.2) is 42.4 Å². The molecule has 1 aliphatic heterocycles. The van der Waals surface area contributed by atoms with Gasteiger partial charge in [0.1, 0.15) is 5.69 Å². The van der Waals surface area contributed by atoms with Crippen LogP contribution in [-0.2, 0) is 4.74 Å². The Bertz CT molecular complexity index is 457. The lowest BCUT2D eigenvalue weighted by atomic mass is 10.3. The van der Waals surface area contributed by atoms with Gasteiger partial charge in [-0.3, -0.25) is 4.79 Å². The summed E-state index contributed by atoms with van der Waals surface area (Å²) >= 11 is 6.85. The molecular formula is C10H10ClN3O2S. The van der Waals surface area contributed by atoms with Crippen molar-refractivity contribution in [3.05, 3.63) is 11.1 Å². The molecule has 0 saturated carbocycles. The molecule has 2 rings (SSSR count). The van der Waals surface area contributed by atoms with Crippen molar-refractivity contribution < 1.29 is 9.53 Å². The van der Waals surface area contributed by atoms with Gasteiger partial charge < -0.3 is 9.64 Å². The Morgan fingerprint density at radius 1 is 1.82 bits per heavy atom. The topological polar surface area (TPSA) is 66.2 Å². The highest BCUT2D eigenvalue weighted by atomic mass is 35.5. The molecule has 1 saturated heterocycles. The molecule has 90 valence electrons. The number of nitrogens with zero attached hydrogens (tertiary/aromatic N) is 3. The van der Waals surface area contributed by atoms with Gasteiger partial charge in [0.2, 0.25) is 0 Å². The van der Waals surface area contributed by atoms with E-state index in [0.29, 0.717) is 25.4 Å². The van der Waals surface area contributed by atoms with E-state index in [-0.39, 0.29) is 11.7 Å². The SMILES string of the molecule is N#CC1CN(c2nc(C(=O)CCl)cs2)CCO1. The van der Waals surface area contributed by atoms with Crippen molar-refractivity contribution in [1.29, 1.82) is 5.26 Å². The van der Waals surface area contributed by atoms with Gasteiger partial charge in [-0.2, -0.15) is 5.26 Å². The first-order valence-electron chi connectivity index (χ1n) is 5.05. The van der Waals surface area contributed by atoms with Crippen LogP contribution in [0.5, 0.6) is 0 Å². The number of ketones is 1. The van der Waals surface area contributed by atoms with Crippen molar-refractivity contribution in [3.63, 3.8) is 0 Å². The van der Waals surface area contributed by atoms with E-state index in [1.807, 2.05) is 4.90 Å². The smallest absolute Gasteiger partial charge is 0.196 e. The highest BCUT2D eigenvalue weighted by Gasteiger charge is 2.22. The zero-order valence-electron chi connectivity index (χ0n) is 8.93. The van der Waals surface area contributed by atoms with E-state index in [1.165, 1.54) is 11.3 Å². The number of carbonyl (C=O) groups excluding carboxylic acids is 1. The number of nitriles is 1. The summed E-state index contributed by atoms with van der Waals surface area (Å²) in [5.41, 5.74) is 0.389. The summed E-state index contributed by atoms with van der Waals surface area (Å²) in [6.07, 6.45) is -0.431. The summed E-state index contributed by atoms with van der Waals surface area (Å²) in [5.74, 6) is -0.244. The van der Waals surface area contributed by atoms with Gasteiger partial charge in [0.05, 0.1) is 25.1 Å². The van der Waals surface area contributed by atoms with Crippen molar-refractivity contribution in [2.24, 2.45) is 0 Å². The highest BCUT2D eigenvalue weighted by Crippen LogP contribution is 2.23. The number of Topliss-reactive ketones (excluding diaryl/α,β-unsaturated/α-hetero) is 1. The van der Waals surface area contributed by atoms with Crippen LogP contribution in [0.25, 0.3) is 0 Å². The molecule has 7 heteroatoms. The van der Waals surface area contributed by atoms with Crippen LogP contribution in [0.15, 0.2) is 5.38 Å². The molecule has 0 bridgehead atoms. The van der Waals surface area contributed by atoms with E-state index < -0.39 is 6.10 Å². The Balaban J connectivity index is 2.09. The number of anilines is 1. The molecule has 0 aliphatic carbocycles. The zero-order chi connectivity index (χ0) is 12.3. The summed E-state index contributed by atoms with van der Waals surface area (Å²) in [5, 5.41) is 11.2. The predicted molar refractivity (Wildman–Crippen MR) is 64.7 cm³/mol. The second-order valence-corrected chi connectivity index (χ2v) is 4.61. The second-order valence-electron chi connectivity index (χ2n) is 3.51. The van der Waals surface area contributed by atoms with Gasteiger partial charge in [-0.05, 0) is 0 Å². The Kier molecular flexibility index (Phi) is 3.94. The minimum atomic E-state index is -0.431. The molecule has 2 heterocycles. The molecule has 1 aromatic heterocycles. The predicted octanol–water partition coefficient (Wildman–Crippen LogP) is 1.29. The average molecular weight is 272 g/mol. The molecule has 0 amide bonds. The van der Waals surface area contributed by atoms with Gasteiger partial charge in [0.15, 0.2) is 17.0 Å². The maximum Gasteiger partial charge on any atom is 0.196 e. The number of halogens is 1. The van der Waals surface area contributed by atoms with E-state index in [2.05, 4.69) is 11.1 Å². The molecule has 0 N–H and O–H groups in total. The third-order valence-electron chi connectivity index (χ3n) is 2.38. The summed E-state index contributed by atoms with van der Waals surface area (Å²) in [6.45, 7) is 1.66. The molecule has 1 aliphatic rings. The first-order valence-corrected chi connectivity index (χ1v) is 6.47. The summed E-state index contributed by atoms with van der Waals surface area (Å²) < 4.78 is 5.24. The van der Waals surface area contributed by atoms with Crippen LogP contribution in [0, 0.1) is 11.3 Å². The fraction of sp³-hybridized carbons (Fsp3) is 0.500. The lowest BCUT2D eigenvalue weighted by molar-refractivity contribution is 0.0764. The number of carbonyl (C=O) groups is 1. The van der Waals surface area contributed by atoms with Crippen molar-refractivity contribution >= 4 is 33.9 Å². The number of rotatable bonds is 3. The lowest BCUT2D eigenvalue weighted by Crippen LogP contribution is -2.41. The fourth-order valence-electron chi connectivity index (χ4n) is 1.51. The summed E-state index contributed by atoms with van der Waals surface area (Å²) in [7, 11) is 0. The Hall–Kier alpha value is -1.16. The fourth-order valence-corrected chi connectivity index (χ4v) is 2.51. The second kappa shape index (κ2) is 5.45. The zero-order valence-corrected chi connectivity index (χ0v) is 10.5. The van der Waals surface area contributed by atoms with Crippen LogP contribution < -0.4 is 4.90 Å². The van der Waals surface area contributed by atoms with Crippen molar-refractivity contribution in [2.45, 2.75) is 6.10 Å². The molecule has 1 aromatic rings. The third-order valence-corrected chi connectivity index (χ3v) is 3.52. The van der Waals surface area contributed by atoms with Crippen molar-refractivity contribution in [1.82, 2.24) is 4.98 Å². The quantitative estimate of drug-likeness (QED) is 0.612. The molecule has 1 unspecified atom stereocenters. The van der Waals surface area contributed by atoms with Crippen molar-refractivity contribution in [2.75, 3.05) is 30.5 Å². The summed E-state index contributed by atoms with van der Waals surface area (Å²) in [6, 6.07) is 2.07. The molecule has 1 fully saturated rings. The van der Waals surface area contributed by atoms with Crippen molar-refractivity contribution in [3.8, 4) is 6.07 Å². The van der Waals surface area contributed by atoms with E-state index in [1.54, 1.807) is 5.38 Å². The Morgan fingerprint density at radius 3 is 3.35 bits per heavy atom. The first-order chi connectivity index (χ1) is 8.24. The number of hydrogen-bond acceptors (Lipinski definition) is 6. The van der Waals surface area contributed by atoms with E-state index >= 15 is 0 Å². The van der Waals surface area contributed by atoms with Crippen LogP contribution in [0.2, 0.25) is 0 Å². The van der Waals surface area contributed by atoms with Gasteiger partial charge in [-0.25, -0.2) is 4.98 Å². The molecule has 0 aromatic carbocycles. The normalized spacial score (nSPS) is 20.0. The third kappa shape index (κ3) is 2.75.